The van der Waals surface area contributed by atoms with Crippen molar-refractivity contribution in [3.8, 4) is 0 Å². The highest BCUT2D eigenvalue weighted by atomic mass is 16.3. The average molecular weight is 251 g/mol. The normalized spacial score (nSPS) is 24.9. The van der Waals surface area contributed by atoms with E-state index >= 15 is 0 Å². The lowest BCUT2D eigenvalue weighted by Crippen LogP contribution is -2.39. The van der Waals surface area contributed by atoms with Gasteiger partial charge in [0.2, 0.25) is 0 Å². The molecule has 1 aliphatic carbocycles. The molecule has 1 aromatic rings. The summed E-state index contributed by atoms with van der Waals surface area (Å²) in [6.45, 7) is 2.05. The number of nitrogens with one attached hydrogen (secondary N) is 1. The van der Waals surface area contributed by atoms with Gasteiger partial charge in [0.15, 0.2) is 0 Å². The van der Waals surface area contributed by atoms with Gasteiger partial charge in [-0.15, -0.1) is 0 Å². The molecule has 4 nitrogen and oxygen atoms in total. The first-order chi connectivity index (χ1) is 8.86. The average Bonchev–Trinajstić information content (AvgIpc) is 2.80. The van der Waals surface area contributed by atoms with Crippen molar-refractivity contribution in [3.63, 3.8) is 0 Å². The van der Waals surface area contributed by atoms with Gasteiger partial charge in [-0.2, -0.15) is 0 Å². The van der Waals surface area contributed by atoms with E-state index in [9.17, 15) is 5.11 Å². The maximum atomic E-state index is 9.98. The Morgan fingerprint density at radius 1 is 1.22 bits per heavy atom. The van der Waals surface area contributed by atoms with E-state index in [1.54, 1.807) is 0 Å². The standard InChI is InChI=1S/C14H25N3O/c18-14-7-3-1-2-6-13(14)16-8-4-5-10-17-11-9-15-12-17/h9,11-14,16,18H,1-8,10H2. The number of rotatable bonds is 6. The second-order valence-corrected chi connectivity index (χ2v) is 5.27. The molecule has 2 atom stereocenters. The van der Waals surface area contributed by atoms with Crippen molar-refractivity contribution in [2.24, 2.45) is 0 Å². The number of hydrogen-bond donors (Lipinski definition) is 2. The number of aliphatic hydroxyl groups is 1. The lowest BCUT2D eigenvalue weighted by atomic mass is 10.1. The molecule has 0 radical (unpaired) electrons. The smallest absolute Gasteiger partial charge is 0.0945 e. The van der Waals surface area contributed by atoms with Crippen LogP contribution in [0.15, 0.2) is 18.7 Å². The molecule has 2 N–H and O–H groups in total. The Balaban J connectivity index is 1.56. The molecule has 0 amide bonds. The molecule has 0 aromatic carbocycles. The largest absolute Gasteiger partial charge is 0.392 e. The van der Waals surface area contributed by atoms with Crippen LogP contribution in [0.25, 0.3) is 0 Å². The molecule has 1 aliphatic rings. The first-order valence-electron chi connectivity index (χ1n) is 7.23. The van der Waals surface area contributed by atoms with Crippen LogP contribution in [0.1, 0.15) is 44.9 Å². The lowest BCUT2D eigenvalue weighted by Gasteiger charge is -2.21. The fourth-order valence-electron chi connectivity index (χ4n) is 2.65. The third-order valence-electron chi connectivity index (χ3n) is 3.79. The minimum absolute atomic E-state index is 0.138. The Morgan fingerprint density at radius 2 is 2.11 bits per heavy atom. The molecule has 1 aromatic heterocycles. The molecule has 0 bridgehead atoms. The van der Waals surface area contributed by atoms with Crippen LogP contribution in [-0.2, 0) is 6.54 Å². The zero-order valence-electron chi connectivity index (χ0n) is 11.1. The summed E-state index contributed by atoms with van der Waals surface area (Å²) >= 11 is 0. The minimum atomic E-state index is -0.138. The molecular formula is C14H25N3O. The van der Waals surface area contributed by atoms with Crippen molar-refractivity contribution in [3.05, 3.63) is 18.7 Å². The molecule has 4 heteroatoms. The summed E-state index contributed by atoms with van der Waals surface area (Å²) in [5.41, 5.74) is 0. The van der Waals surface area contributed by atoms with E-state index in [2.05, 4.69) is 14.9 Å². The Hall–Kier alpha value is -0.870. The van der Waals surface area contributed by atoms with Crippen LogP contribution in [-0.4, -0.2) is 33.3 Å². The highest BCUT2D eigenvalue weighted by molar-refractivity contribution is 4.79. The van der Waals surface area contributed by atoms with Gasteiger partial charge in [0.25, 0.3) is 0 Å². The molecule has 0 saturated heterocycles. The first kappa shape index (κ1) is 13.6. The Bertz CT molecular complexity index is 313. The van der Waals surface area contributed by atoms with Crippen LogP contribution in [0.5, 0.6) is 0 Å². The predicted octanol–water partition coefficient (Wildman–Crippen LogP) is 1.95. The van der Waals surface area contributed by atoms with Crippen LogP contribution < -0.4 is 5.32 Å². The molecule has 1 heterocycles. The van der Waals surface area contributed by atoms with E-state index in [4.69, 9.17) is 0 Å². The van der Waals surface area contributed by atoms with Gasteiger partial charge >= 0.3 is 0 Å². The van der Waals surface area contributed by atoms with Crippen molar-refractivity contribution in [1.29, 1.82) is 0 Å². The summed E-state index contributed by atoms with van der Waals surface area (Å²) < 4.78 is 2.11. The summed E-state index contributed by atoms with van der Waals surface area (Å²) in [6.07, 6.45) is 13.7. The number of aromatic nitrogens is 2. The molecule has 102 valence electrons. The molecule has 1 fully saturated rings. The van der Waals surface area contributed by atoms with Crippen molar-refractivity contribution in [2.75, 3.05) is 6.54 Å². The van der Waals surface area contributed by atoms with E-state index in [0.29, 0.717) is 6.04 Å². The Labute approximate surface area is 109 Å². The monoisotopic (exact) mass is 251 g/mol. The molecule has 0 spiro atoms. The second kappa shape index (κ2) is 7.54. The van der Waals surface area contributed by atoms with Crippen molar-refractivity contribution in [1.82, 2.24) is 14.9 Å². The van der Waals surface area contributed by atoms with E-state index in [-0.39, 0.29) is 6.10 Å². The van der Waals surface area contributed by atoms with Gasteiger partial charge in [-0.1, -0.05) is 19.3 Å². The third-order valence-corrected chi connectivity index (χ3v) is 3.79. The second-order valence-electron chi connectivity index (χ2n) is 5.27. The predicted molar refractivity (Wildman–Crippen MR) is 72.3 cm³/mol. The maximum Gasteiger partial charge on any atom is 0.0945 e. The quantitative estimate of drug-likeness (QED) is 0.600. The van der Waals surface area contributed by atoms with Gasteiger partial charge < -0.3 is 15.0 Å². The zero-order chi connectivity index (χ0) is 12.6. The van der Waals surface area contributed by atoms with Gasteiger partial charge in [0.1, 0.15) is 0 Å². The maximum absolute atomic E-state index is 9.98. The molecule has 18 heavy (non-hydrogen) atoms. The van der Waals surface area contributed by atoms with Gasteiger partial charge in [0, 0.05) is 25.0 Å². The molecule has 2 rings (SSSR count). The van der Waals surface area contributed by atoms with E-state index in [0.717, 1.165) is 38.8 Å². The van der Waals surface area contributed by atoms with Crippen molar-refractivity contribution in [2.45, 2.75) is 63.6 Å². The topological polar surface area (TPSA) is 50.1 Å². The SMILES string of the molecule is OC1CCCCCC1NCCCCn1ccnc1. The molecule has 1 saturated carbocycles. The Morgan fingerprint density at radius 3 is 2.94 bits per heavy atom. The number of aryl methyl sites for hydroxylation is 1. The van der Waals surface area contributed by atoms with Crippen molar-refractivity contribution >= 4 is 0 Å². The third kappa shape index (κ3) is 4.42. The number of imidazole rings is 1. The Kier molecular flexibility index (Phi) is 5.68. The first-order valence-corrected chi connectivity index (χ1v) is 7.23. The van der Waals surface area contributed by atoms with Gasteiger partial charge in [-0.05, 0) is 32.2 Å². The zero-order valence-corrected chi connectivity index (χ0v) is 11.1. The fourth-order valence-corrected chi connectivity index (χ4v) is 2.65. The molecule has 2 unspecified atom stereocenters. The van der Waals surface area contributed by atoms with Gasteiger partial charge in [0.05, 0.1) is 12.4 Å². The summed E-state index contributed by atoms with van der Waals surface area (Å²) in [7, 11) is 0. The molecule has 0 aliphatic heterocycles. The summed E-state index contributed by atoms with van der Waals surface area (Å²) in [6, 6.07) is 0.320. The summed E-state index contributed by atoms with van der Waals surface area (Å²) in [4.78, 5) is 4.03. The van der Waals surface area contributed by atoms with Gasteiger partial charge in [-0.25, -0.2) is 4.98 Å². The van der Waals surface area contributed by atoms with E-state index < -0.39 is 0 Å². The summed E-state index contributed by atoms with van der Waals surface area (Å²) in [5, 5.41) is 13.5. The van der Waals surface area contributed by atoms with Crippen LogP contribution in [0.3, 0.4) is 0 Å². The highest BCUT2D eigenvalue weighted by Gasteiger charge is 2.20. The number of hydrogen-bond acceptors (Lipinski definition) is 3. The fraction of sp³-hybridized carbons (Fsp3) is 0.786. The minimum Gasteiger partial charge on any atom is -0.392 e. The number of unbranched alkanes of at least 4 members (excludes halogenated alkanes) is 1. The van der Waals surface area contributed by atoms with Crippen LogP contribution >= 0.6 is 0 Å². The van der Waals surface area contributed by atoms with Crippen LogP contribution in [0, 0.1) is 0 Å². The van der Waals surface area contributed by atoms with E-state index in [1.165, 1.54) is 19.3 Å². The number of nitrogens with zero attached hydrogens (tertiary/aromatic N) is 2. The summed E-state index contributed by atoms with van der Waals surface area (Å²) in [5.74, 6) is 0. The van der Waals surface area contributed by atoms with Crippen molar-refractivity contribution < 1.29 is 5.11 Å². The van der Waals surface area contributed by atoms with Crippen LogP contribution in [0.4, 0.5) is 0 Å². The number of aliphatic hydroxyl groups excluding tert-OH is 1. The molecular weight excluding hydrogens is 226 g/mol. The lowest BCUT2D eigenvalue weighted by molar-refractivity contribution is 0.120. The van der Waals surface area contributed by atoms with Gasteiger partial charge in [-0.3, -0.25) is 0 Å². The van der Waals surface area contributed by atoms with E-state index in [1.807, 2.05) is 18.7 Å². The van der Waals surface area contributed by atoms with Crippen LogP contribution in [0.2, 0.25) is 0 Å². The highest BCUT2D eigenvalue weighted by Crippen LogP contribution is 2.17.